The highest BCUT2D eigenvalue weighted by atomic mass is 32.1. The van der Waals surface area contributed by atoms with Gasteiger partial charge in [0.15, 0.2) is 0 Å². The molecule has 3 aromatic rings. The number of nitrogens with zero attached hydrogens (tertiary/aromatic N) is 2. The molecular weight excluding hydrogens is 230 g/mol. The monoisotopic (exact) mass is 243 g/mol. The first-order chi connectivity index (χ1) is 8.38. The normalized spacial score (nSPS) is 11.1. The van der Waals surface area contributed by atoms with E-state index in [0.717, 1.165) is 11.6 Å². The van der Waals surface area contributed by atoms with Gasteiger partial charge in [-0.15, -0.1) is 11.3 Å². The predicted molar refractivity (Wildman–Crippen MR) is 71.0 cm³/mol. The lowest BCUT2D eigenvalue weighted by Gasteiger charge is -2.01. The van der Waals surface area contributed by atoms with E-state index in [1.165, 1.54) is 16.5 Å². The van der Waals surface area contributed by atoms with E-state index in [-0.39, 0.29) is 0 Å². The minimum Gasteiger partial charge on any atom is -0.340 e. The minimum atomic E-state index is 0.575. The van der Waals surface area contributed by atoms with Gasteiger partial charge >= 0.3 is 0 Å². The molecule has 0 saturated heterocycles. The third-order valence-corrected chi connectivity index (χ3v) is 3.64. The highest BCUT2D eigenvalue weighted by Crippen LogP contribution is 2.22. The van der Waals surface area contributed by atoms with Crippen LogP contribution >= 0.6 is 11.3 Å². The molecule has 1 aromatic carbocycles. The Labute approximate surface area is 104 Å². The van der Waals surface area contributed by atoms with E-state index < -0.39 is 0 Å². The highest BCUT2D eigenvalue weighted by Gasteiger charge is 2.07. The Bertz CT molecular complexity index is 625. The van der Waals surface area contributed by atoms with Gasteiger partial charge < -0.3 is 10.3 Å². The molecule has 0 amide bonds. The molecule has 2 aromatic heterocycles. The molecule has 2 heterocycles. The molecule has 17 heavy (non-hydrogen) atoms. The van der Waals surface area contributed by atoms with Crippen LogP contribution in [0.4, 0.5) is 0 Å². The second kappa shape index (κ2) is 4.31. The van der Waals surface area contributed by atoms with Gasteiger partial charge in [0.2, 0.25) is 0 Å². The van der Waals surface area contributed by atoms with Gasteiger partial charge in [-0.2, -0.15) is 0 Å². The van der Waals surface area contributed by atoms with Crippen molar-refractivity contribution >= 4 is 22.2 Å². The Balaban J connectivity index is 2.10. The van der Waals surface area contributed by atoms with Gasteiger partial charge in [-0.05, 0) is 11.6 Å². The Kier molecular flexibility index (Phi) is 2.66. The second-order valence-corrected chi connectivity index (χ2v) is 4.91. The molecule has 3 rings (SSSR count). The van der Waals surface area contributed by atoms with Crippen molar-refractivity contribution in [1.82, 2.24) is 9.55 Å². The average Bonchev–Trinajstić information content (AvgIpc) is 2.98. The van der Waals surface area contributed by atoms with Crippen molar-refractivity contribution in [2.24, 2.45) is 5.73 Å². The van der Waals surface area contributed by atoms with Gasteiger partial charge in [-0.3, -0.25) is 0 Å². The highest BCUT2D eigenvalue weighted by molar-refractivity contribution is 7.09. The van der Waals surface area contributed by atoms with Crippen molar-refractivity contribution in [1.29, 1.82) is 0 Å². The molecule has 0 atom stereocenters. The van der Waals surface area contributed by atoms with E-state index in [0.29, 0.717) is 6.54 Å². The number of nitrogens with two attached hydrogens (primary N) is 1. The summed E-state index contributed by atoms with van der Waals surface area (Å²) in [5.41, 5.74) is 8.19. The van der Waals surface area contributed by atoms with Crippen molar-refractivity contribution < 1.29 is 0 Å². The van der Waals surface area contributed by atoms with Crippen LogP contribution in [-0.4, -0.2) is 9.55 Å². The zero-order valence-electron chi connectivity index (χ0n) is 9.34. The van der Waals surface area contributed by atoms with Gasteiger partial charge in [0.1, 0.15) is 5.01 Å². The Morgan fingerprint density at radius 3 is 2.94 bits per heavy atom. The lowest BCUT2D eigenvalue weighted by molar-refractivity contribution is 0.821. The summed E-state index contributed by atoms with van der Waals surface area (Å²) >= 11 is 1.68. The van der Waals surface area contributed by atoms with Crippen molar-refractivity contribution in [3.05, 3.63) is 52.6 Å². The standard InChI is InChI=1S/C13H13N3S/c14-7-10-8-16(9-13-15-5-6-17-13)12-4-2-1-3-11(10)12/h1-6,8H,7,9,14H2. The van der Waals surface area contributed by atoms with Crippen LogP contribution in [0.1, 0.15) is 10.6 Å². The Hall–Kier alpha value is -1.65. The van der Waals surface area contributed by atoms with Crippen LogP contribution in [0.5, 0.6) is 0 Å². The summed E-state index contributed by atoms with van der Waals surface area (Å²) in [5.74, 6) is 0. The molecule has 0 spiro atoms. The van der Waals surface area contributed by atoms with Crippen LogP contribution in [0.15, 0.2) is 42.0 Å². The summed E-state index contributed by atoms with van der Waals surface area (Å²) in [6, 6.07) is 8.36. The summed E-state index contributed by atoms with van der Waals surface area (Å²) in [6.45, 7) is 1.39. The summed E-state index contributed by atoms with van der Waals surface area (Å²) in [6.07, 6.45) is 3.97. The first-order valence-corrected chi connectivity index (χ1v) is 6.41. The lowest BCUT2D eigenvalue weighted by atomic mass is 10.2. The van der Waals surface area contributed by atoms with Crippen LogP contribution in [0.2, 0.25) is 0 Å². The number of aromatic nitrogens is 2. The van der Waals surface area contributed by atoms with Crippen LogP contribution in [0.3, 0.4) is 0 Å². The Morgan fingerprint density at radius 2 is 2.18 bits per heavy atom. The van der Waals surface area contributed by atoms with E-state index in [2.05, 4.69) is 40.0 Å². The van der Waals surface area contributed by atoms with E-state index in [1.807, 2.05) is 11.6 Å². The average molecular weight is 243 g/mol. The summed E-state index contributed by atoms with van der Waals surface area (Å²) in [5, 5.41) is 4.37. The number of hydrogen-bond donors (Lipinski definition) is 1. The van der Waals surface area contributed by atoms with Gasteiger partial charge in [0.05, 0.1) is 6.54 Å². The summed E-state index contributed by atoms with van der Waals surface area (Å²) in [4.78, 5) is 4.32. The SMILES string of the molecule is NCc1cn(Cc2nccs2)c2ccccc12. The fourth-order valence-electron chi connectivity index (χ4n) is 2.09. The van der Waals surface area contributed by atoms with Crippen molar-refractivity contribution in [2.75, 3.05) is 0 Å². The number of para-hydroxylation sites is 1. The molecule has 0 fully saturated rings. The first-order valence-electron chi connectivity index (χ1n) is 5.53. The van der Waals surface area contributed by atoms with Gasteiger partial charge in [0, 0.05) is 35.2 Å². The van der Waals surface area contributed by atoms with Gasteiger partial charge in [-0.25, -0.2) is 4.98 Å². The number of benzene rings is 1. The smallest absolute Gasteiger partial charge is 0.112 e. The third kappa shape index (κ3) is 1.85. The zero-order chi connectivity index (χ0) is 11.7. The van der Waals surface area contributed by atoms with E-state index in [4.69, 9.17) is 5.73 Å². The van der Waals surface area contributed by atoms with E-state index >= 15 is 0 Å². The molecule has 4 heteroatoms. The maximum atomic E-state index is 5.78. The Morgan fingerprint density at radius 1 is 1.29 bits per heavy atom. The molecule has 0 aliphatic rings. The number of fused-ring (bicyclic) bond motifs is 1. The molecule has 2 N–H and O–H groups in total. The van der Waals surface area contributed by atoms with Crippen LogP contribution in [-0.2, 0) is 13.1 Å². The quantitative estimate of drug-likeness (QED) is 0.768. The third-order valence-electron chi connectivity index (χ3n) is 2.88. The molecule has 0 unspecified atom stereocenters. The lowest BCUT2D eigenvalue weighted by Crippen LogP contribution is -1.98. The molecule has 0 bridgehead atoms. The largest absolute Gasteiger partial charge is 0.340 e. The number of rotatable bonds is 3. The molecule has 0 radical (unpaired) electrons. The van der Waals surface area contributed by atoms with Crippen molar-refractivity contribution in [3.8, 4) is 0 Å². The van der Waals surface area contributed by atoms with Crippen LogP contribution in [0.25, 0.3) is 10.9 Å². The molecule has 0 aliphatic heterocycles. The molecule has 3 nitrogen and oxygen atoms in total. The van der Waals surface area contributed by atoms with E-state index in [9.17, 15) is 0 Å². The fraction of sp³-hybridized carbons (Fsp3) is 0.154. The number of hydrogen-bond acceptors (Lipinski definition) is 3. The maximum absolute atomic E-state index is 5.78. The van der Waals surface area contributed by atoms with Crippen molar-refractivity contribution in [2.45, 2.75) is 13.1 Å². The zero-order valence-corrected chi connectivity index (χ0v) is 10.2. The van der Waals surface area contributed by atoms with Crippen molar-refractivity contribution in [3.63, 3.8) is 0 Å². The topological polar surface area (TPSA) is 43.8 Å². The second-order valence-electron chi connectivity index (χ2n) is 3.93. The number of thiazole rings is 1. The maximum Gasteiger partial charge on any atom is 0.112 e. The predicted octanol–water partition coefficient (Wildman–Crippen LogP) is 2.60. The fourth-order valence-corrected chi connectivity index (χ4v) is 2.71. The molecule has 0 aliphatic carbocycles. The van der Waals surface area contributed by atoms with Gasteiger partial charge in [-0.1, -0.05) is 18.2 Å². The molecule has 0 saturated carbocycles. The summed E-state index contributed by atoms with van der Waals surface area (Å²) < 4.78 is 2.22. The van der Waals surface area contributed by atoms with Crippen LogP contribution < -0.4 is 5.73 Å². The summed E-state index contributed by atoms with van der Waals surface area (Å²) in [7, 11) is 0. The van der Waals surface area contributed by atoms with Crippen LogP contribution in [0, 0.1) is 0 Å². The minimum absolute atomic E-state index is 0.575. The molecule has 86 valence electrons. The van der Waals surface area contributed by atoms with E-state index in [1.54, 1.807) is 11.3 Å². The van der Waals surface area contributed by atoms with Gasteiger partial charge in [0.25, 0.3) is 0 Å². The first kappa shape index (κ1) is 10.5. The molecular formula is C13H13N3S.